The van der Waals surface area contributed by atoms with Gasteiger partial charge in [-0.1, -0.05) is 103 Å². The second-order valence-corrected chi connectivity index (χ2v) is 13.7. The molecule has 2 heterocycles. The number of para-hydroxylation sites is 1. The van der Waals surface area contributed by atoms with Crippen LogP contribution >= 0.6 is 11.3 Å². The largest absolute Gasteiger partial charge is 0.456 e. The molecule has 0 amide bonds. The van der Waals surface area contributed by atoms with E-state index in [0.717, 1.165) is 39.0 Å². The SMILES string of the molecule is c1cc(-c2ccc3sc4ccccc4c3c2)cc(N(c2ccc(-c3ccc4ccccc4c3)cc2)c2ccc3oc4ccccc4c3c2)c1. The first kappa shape index (κ1) is 27.9. The average Bonchev–Trinajstić information content (AvgIpc) is 3.73. The highest BCUT2D eigenvalue weighted by Crippen LogP contribution is 2.42. The Morgan fingerprint density at radius 1 is 0.347 bits per heavy atom. The van der Waals surface area contributed by atoms with Crippen LogP contribution < -0.4 is 4.90 Å². The number of thiophene rings is 1. The van der Waals surface area contributed by atoms with Gasteiger partial charge in [-0.25, -0.2) is 0 Å². The van der Waals surface area contributed by atoms with Crippen molar-refractivity contribution < 1.29 is 4.42 Å². The van der Waals surface area contributed by atoms with E-state index in [2.05, 4.69) is 169 Å². The van der Waals surface area contributed by atoms with E-state index in [9.17, 15) is 0 Å². The molecule has 0 unspecified atom stereocenters. The lowest BCUT2D eigenvalue weighted by Gasteiger charge is -2.26. The standard InChI is InChI=1S/C46H29NOS/c1-2-9-32-26-34(17-16-30(32)8-1)31-18-21-36(22-19-31)47(38-23-24-44-41(29-38)39-12-3-5-14-43(39)48-44)37-11-7-10-33(27-37)35-20-25-46-42(28-35)40-13-4-6-15-45(40)49-46/h1-29H. The molecule has 10 rings (SSSR count). The fraction of sp³-hybridized carbons (Fsp3) is 0. The van der Waals surface area contributed by atoms with Gasteiger partial charge >= 0.3 is 0 Å². The molecule has 2 aromatic heterocycles. The van der Waals surface area contributed by atoms with E-state index in [4.69, 9.17) is 4.42 Å². The van der Waals surface area contributed by atoms with Crippen molar-refractivity contribution in [3.05, 3.63) is 176 Å². The third kappa shape index (κ3) is 4.78. The molecule has 230 valence electrons. The molecular weight excluding hydrogens is 615 g/mol. The molecule has 0 N–H and O–H groups in total. The number of rotatable bonds is 5. The Morgan fingerprint density at radius 3 is 1.92 bits per heavy atom. The average molecular weight is 644 g/mol. The normalized spacial score (nSPS) is 11.7. The number of hydrogen-bond acceptors (Lipinski definition) is 3. The summed E-state index contributed by atoms with van der Waals surface area (Å²) < 4.78 is 8.85. The van der Waals surface area contributed by atoms with Crippen LogP contribution in [0.4, 0.5) is 17.1 Å². The van der Waals surface area contributed by atoms with Gasteiger partial charge < -0.3 is 9.32 Å². The summed E-state index contributed by atoms with van der Waals surface area (Å²) in [5.41, 5.74) is 9.85. The molecule has 0 spiro atoms. The third-order valence-corrected chi connectivity index (χ3v) is 10.8. The number of anilines is 3. The summed E-state index contributed by atoms with van der Waals surface area (Å²) in [7, 11) is 0. The fourth-order valence-electron chi connectivity index (χ4n) is 7.20. The van der Waals surface area contributed by atoms with Crippen LogP contribution in [-0.2, 0) is 0 Å². The molecule has 0 aliphatic rings. The molecule has 0 aliphatic carbocycles. The summed E-state index contributed by atoms with van der Waals surface area (Å²) in [4.78, 5) is 2.35. The smallest absolute Gasteiger partial charge is 0.135 e. The summed E-state index contributed by atoms with van der Waals surface area (Å²) in [6.45, 7) is 0. The summed E-state index contributed by atoms with van der Waals surface area (Å²) >= 11 is 1.85. The van der Waals surface area contributed by atoms with E-state index in [-0.39, 0.29) is 0 Å². The number of hydrogen-bond donors (Lipinski definition) is 0. The van der Waals surface area contributed by atoms with Crippen LogP contribution in [-0.4, -0.2) is 0 Å². The van der Waals surface area contributed by atoms with E-state index >= 15 is 0 Å². The number of nitrogens with zero attached hydrogens (tertiary/aromatic N) is 1. The maximum absolute atomic E-state index is 6.21. The molecule has 10 aromatic rings. The van der Waals surface area contributed by atoms with Crippen molar-refractivity contribution in [1.29, 1.82) is 0 Å². The molecular formula is C46H29NOS. The molecule has 0 atom stereocenters. The Balaban J connectivity index is 1.11. The maximum atomic E-state index is 6.21. The Hall–Kier alpha value is -6.16. The minimum atomic E-state index is 0.890. The first-order chi connectivity index (χ1) is 24.2. The van der Waals surface area contributed by atoms with E-state index in [1.165, 1.54) is 53.2 Å². The van der Waals surface area contributed by atoms with Crippen molar-refractivity contribution in [3.8, 4) is 22.3 Å². The Labute approximate surface area is 287 Å². The van der Waals surface area contributed by atoms with Gasteiger partial charge in [0.15, 0.2) is 0 Å². The zero-order chi connectivity index (χ0) is 32.3. The molecule has 0 radical (unpaired) electrons. The first-order valence-corrected chi connectivity index (χ1v) is 17.4. The highest BCUT2D eigenvalue weighted by Gasteiger charge is 2.17. The van der Waals surface area contributed by atoms with Crippen LogP contribution in [0.2, 0.25) is 0 Å². The van der Waals surface area contributed by atoms with Crippen LogP contribution in [0.25, 0.3) is 75.1 Å². The lowest BCUT2D eigenvalue weighted by Crippen LogP contribution is -2.10. The van der Waals surface area contributed by atoms with Gasteiger partial charge in [0.25, 0.3) is 0 Å². The molecule has 0 aliphatic heterocycles. The second-order valence-electron chi connectivity index (χ2n) is 12.6. The predicted molar refractivity (Wildman–Crippen MR) is 210 cm³/mol. The summed E-state index contributed by atoms with van der Waals surface area (Å²) in [5.74, 6) is 0. The van der Waals surface area contributed by atoms with Crippen molar-refractivity contribution in [3.63, 3.8) is 0 Å². The van der Waals surface area contributed by atoms with Crippen molar-refractivity contribution in [2.75, 3.05) is 4.90 Å². The Bertz CT molecular complexity index is 2840. The van der Waals surface area contributed by atoms with Crippen molar-refractivity contribution in [1.82, 2.24) is 0 Å². The highest BCUT2D eigenvalue weighted by molar-refractivity contribution is 7.25. The number of fused-ring (bicyclic) bond motifs is 7. The van der Waals surface area contributed by atoms with Gasteiger partial charge in [-0.15, -0.1) is 11.3 Å². The van der Waals surface area contributed by atoms with Crippen molar-refractivity contribution >= 4 is 81.3 Å². The fourth-order valence-corrected chi connectivity index (χ4v) is 8.29. The van der Waals surface area contributed by atoms with E-state index in [1.54, 1.807) is 0 Å². The summed E-state index contributed by atoms with van der Waals surface area (Å²) in [5, 5.41) is 7.35. The van der Waals surface area contributed by atoms with Gasteiger partial charge in [0.05, 0.1) is 0 Å². The number of furan rings is 1. The number of benzene rings is 8. The minimum Gasteiger partial charge on any atom is -0.456 e. The third-order valence-electron chi connectivity index (χ3n) is 9.64. The highest BCUT2D eigenvalue weighted by atomic mass is 32.1. The zero-order valence-corrected chi connectivity index (χ0v) is 27.3. The van der Waals surface area contributed by atoms with E-state index < -0.39 is 0 Å². The quantitative estimate of drug-likeness (QED) is 0.186. The van der Waals surface area contributed by atoms with E-state index in [0.29, 0.717) is 0 Å². The minimum absolute atomic E-state index is 0.890. The van der Waals surface area contributed by atoms with Crippen LogP contribution in [0.1, 0.15) is 0 Å². The topological polar surface area (TPSA) is 16.4 Å². The summed E-state index contributed by atoms with van der Waals surface area (Å²) in [6, 6.07) is 63.4. The van der Waals surface area contributed by atoms with Crippen LogP contribution in [0.5, 0.6) is 0 Å². The van der Waals surface area contributed by atoms with Crippen LogP contribution in [0, 0.1) is 0 Å². The van der Waals surface area contributed by atoms with Gasteiger partial charge in [-0.3, -0.25) is 0 Å². The van der Waals surface area contributed by atoms with E-state index in [1.807, 2.05) is 23.5 Å². The maximum Gasteiger partial charge on any atom is 0.135 e. The van der Waals surface area contributed by atoms with Gasteiger partial charge in [-0.05, 0) is 106 Å². The monoisotopic (exact) mass is 643 g/mol. The van der Waals surface area contributed by atoms with Crippen molar-refractivity contribution in [2.24, 2.45) is 0 Å². The van der Waals surface area contributed by atoms with Gasteiger partial charge in [0.2, 0.25) is 0 Å². The molecule has 0 saturated heterocycles. The molecule has 0 saturated carbocycles. The van der Waals surface area contributed by atoms with Gasteiger partial charge in [0, 0.05) is 48.0 Å². The molecule has 49 heavy (non-hydrogen) atoms. The van der Waals surface area contributed by atoms with Crippen LogP contribution in [0.3, 0.4) is 0 Å². The van der Waals surface area contributed by atoms with Crippen LogP contribution in [0.15, 0.2) is 180 Å². The second kappa shape index (κ2) is 11.2. The summed E-state index contributed by atoms with van der Waals surface area (Å²) in [6.07, 6.45) is 0. The lowest BCUT2D eigenvalue weighted by atomic mass is 10.00. The Morgan fingerprint density at radius 2 is 1.00 bits per heavy atom. The van der Waals surface area contributed by atoms with Gasteiger partial charge in [0.1, 0.15) is 11.2 Å². The lowest BCUT2D eigenvalue weighted by molar-refractivity contribution is 0.669. The first-order valence-electron chi connectivity index (χ1n) is 16.6. The molecule has 3 heteroatoms. The predicted octanol–water partition coefficient (Wildman–Crippen LogP) is 13.9. The Kier molecular flexibility index (Phi) is 6.39. The molecule has 8 aromatic carbocycles. The molecule has 0 bridgehead atoms. The molecule has 0 fully saturated rings. The van der Waals surface area contributed by atoms with Crippen molar-refractivity contribution in [2.45, 2.75) is 0 Å². The molecule has 2 nitrogen and oxygen atoms in total. The van der Waals surface area contributed by atoms with Gasteiger partial charge in [-0.2, -0.15) is 0 Å². The zero-order valence-electron chi connectivity index (χ0n) is 26.5.